The second-order valence-corrected chi connectivity index (χ2v) is 32.4. The molecule has 0 aromatic carbocycles. The number of hydrogen-bond acceptors (Lipinski definition) is 15. The number of aliphatic hydroxyl groups is 1. The van der Waals surface area contributed by atoms with Gasteiger partial charge in [-0.05, 0) is 43.4 Å². The standard InChI is InChI=1S/C78H152O17P2/c1-8-9-10-11-12-13-14-15-16-17-18-19-20-23-32-40-47-54-61-77(82)94-73(65-88-75(80)59-52-45-38-31-24-21-22-28-35-42-49-56-69(2)3)67-92-96(84,85)90-63-72(79)64-91-97(86,87)93-68-74(66-89-76(81)60-53-46-39-34-27-30-37-44-51-58-71(6)7)95-78(83)62-55-48-41-33-26-25-29-36-43-50-57-70(4)5/h69-74,79H,8-68H2,1-7H3,(H,84,85)(H,86,87)/t72-,73-,74-/m1/s1. The summed E-state index contributed by atoms with van der Waals surface area (Å²) in [6.07, 6.45) is 55.5. The highest BCUT2D eigenvalue weighted by atomic mass is 31.2. The molecular formula is C78H152O17P2. The molecule has 97 heavy (non-hydrogen) atoms. The highest BCUT2D eigenvalue weighted by Crippen LogP contribution is 2.45. The fourth-order valence-electron chi connectivity index (χ4n) is 12.0. The third-order valence-electron chi connectivity index (χ3n) is 18.1. The monoisotopic (exact) mass is 1420 g/mol. The quantitative estimate of drug-likeness (QED) is 0.0222. The van der Waals surface area contributed by atoms with Crippen LogP contribution in [0.4, 0.5) is 0 Å². The molecule has 0 heterocycles. The van der Waals surface area contributed by atoms with Crippen molar-refractivity contribution in [3.8, 4) is 0 Å². The fraction of sp³-hybridized carbons (Fsp3) is 0.949. The third kappa shape index (κ3) is 72.2. The van der Waals surface area contributed by atoms with Gasteiger partial charge in [0.1, 0.15) is 19.3 Å². The van der Waals surface area contributed by atoms with Gasteiger partial charge < -0.3 is 33.8 Å². The lowest BCUT2D eigenvalue weighted by molar-refractivity contribution is -0.161. The van der Waals surface area contributed by atoms with E-state index in [0.29, 0.717) is 25.7 Å². The van der Waals surface area contributed by atoms with Gasteiger partial charge in [0.15, 0.2) is 12.2 Å². The number of carbonyl (C=O) groups excluding carboxylic acids is 4. The number of unbranched alkanes of at least 4 members (excludes halogenated alkanes) is 44. The predicted molar refractivity (Wildman–Crippen MR) is 395 cm³/mol. The minimum atomic E-state index is -4.96. The number of ether oxygens (including phenoxy) is 4. The number of phosphoric ester groups is 2. The Morgan fingerprint density at radius 3 is 0.701 bits per heavy atom. The van der Waals surface area contributed by atoms with Gasteiger partial charge in [0, 0.05) is 25.7 Å². The molecule has 19 heteroatoms. The van der Waals surface area contributed by atoms with E-state index in [2.05, 4.69) is 48.5 Å². The van der Waals surface area contributed by atoms with E-state index in [1.807, 2.05) is 0 Å². The molecule has 0 aliphatic heterocycles. The van der Waals surface area contributed by atoms with Crippen LogP contribution < -0.4 is 0 Å². The van der Waals surface area contributed by atoms with E-state index in [0.717, 1.165) is 108 Å². The maximum atomic E-state index is 13.1. The lowest BCUT2D eigenvalue weighted by Crippen LogP contribution is -2.30. The van der Waals surface area contributed by atoms with E-state index >= 15 is 0 Å². The van der Waals surface area contributed by atoms with Crippen molar-refractivity contribution in [2.75, 3.05) is 39.6 Å². The lowest BCUT2D eigenvalue weighted by atomic mass is 10.0. The molecule has 0 aromatic heterocycles. The number of rotatable bonds is 76. The van der Waals surface area contributed by atoms with Gasteiger partial charge in [-0.3, -0.25) is 37.3 Å². The van der Waals surface area contributed by atoms with E-state index in [1.54, 1.807) is 0 Å². The minimum Gasteiger partial charge on any atom is -0.462 e. The summed E-state index contributed by atoms with van der Waals surface area (Å²) >= 11 is 0. The van der Waals surface area contributed by atoms with Gasteiger partial charge in [0.05, 0.1) is 26.4 Å². The summed E-state index contributed by atoms with van der Waals surface area (Å²) in [5.74, 6) is 0.152. The van der Waals surface area contributed by atoms with Crippen molar-refractivity contribution in [1.82, 2.24) is 0 Å². The van der Waals surface area contributed by atoms with Crippen molar-refractivity contribution in [3.05, 3.63) is 0 Å². The highest BCUT2D eigenvalue weighted by Gasteiger charge is 2.30. The Labute approximate surface area is 594 Å². The van der Waals surface area contributed by atoms with E-state index in [9.17, 15) is 43.2 Å². The van der Waals surface area contributed by atoms with E-state index in [1.165, 1.54) is 212 Å². The molecule has 0 saturated heterocycles. The Balaban J connectivity index is 5.26. The average molecular weight is 1420 g/mol. The molecule has 576 valence electrons. The summed E-state index contributed by atoms with van der Waals surface area (Å²) in [5.41, 5.74) is 0. The zero-order valence-electron chi connectivity index (χ0n) is 63.5. The second-order valence-electron chi connectivity index (χ2n) is 29.5. The summed E-state index contributed by atoms with van der Waals surface area (Å²) in [4.78, 5) is 72.9. The summed E-state index contributed by atoms with van der Waals surface area (Å²) in [7, 11) is -9.92. The number of carbonyl (C=O) groups is 4. The van der Waals surface area contributed by atoms with Gasteiger partial charge in [-0.15, -0.1) is 0 Å². The van der Waals surface area contributed by atoms with Gasteiger partial charge in [0.2, 0.25) is 0 Å². The molecule has 0 radical (unpaired) electrons. The zero-order chi connectivity index (χ0) is 71.6. The minimum absolute atomic E-state index is 0.105. The van der Waals surface area contributed by atoms with Crippen molar-refractivity contribution < 1.29 is 80.2 Å². The van der Waals surface area contributed by atoms with Gasteiger partial charge in [-0.2, -0.15) is 0 Å². The van der Waals surface area contributed by atoms with Crippen LogP contribution in [0, 0.1) is 17.8 Å². The molecule has 17 nitrogen and oxygen atoms in total. The normalized spacial score (nSPS) is 14.0. The smallest absolute Gasteiger partial charge is 0.462 e. The molecule has 0 spiro atoms. The molecule has 0 rings (SSSR count). The van der Waals surface area contributed by atoms with Crippen molar-refractivity contribution in [1.29, 1.82) is 0 Å². The lowest BCUT2D eigenvalue weighted by Gasteiger charge is -2.21. The van der Waals surface area contributed by atoms with Crippen LogP contribution in [0.15, 0.2) is 0 Å². The van der Waals surface area contributed by atoms with Gasteiger partial charge in [-0.1, -0.05) is 350 Å². The number of hydrogen-bond donors (Lipinski definition) is 3. The zero-order valence-corrected chi connectivity index (χ0v) is 65.3. The Morgan fingerprint density at radius 2 is 0.474 bits per heavy atom. The second kappa shape index (κ2) is 68.5. The van der Waals surface area contributed by atoms with Crippen LogP contribution in [-0.4, -0.2) is 96.7 Å². The Bertz CT molecular complexity index is 1890. The topological polar surface area (TPSA) is 237 Å². The van der Waals surface area contributed by atoms with Crippen LogP contribution in [0.25, 0.3) is 0 Å². The average Bonchev–Trinajstić information content (AvgIpc) is 1.25. The Morgan fingerprint density at radius 1 is 0.278 bits per heavy atom. The SMILES string of the molecule is CCCCCCCCCCCCCCCCCCCCC(=O)O[C@H](COC(=O)CCCCCCCCCCCCCC(C)C)COP(=O)(O)OC[C@@H](O)COP(=O)(O)OC[C@@H](COC(=O)CCCCCCCCCCCC(C)C)OC(=O)CCCCCCCCCCCCC(C)C. The first-order chi connectivity index (χ1) is 46.7. The van der Waals surface area contributed by atoms with Crippen LogP contribution in [0.1, 0.15) is 402 Å². The summed E-state index contributed by atoms with van der Waals surface area (Å²) < 4.78 is 68.6. The van der Waals surface area contributed by atoms with Crippen molar-refractivity contribution in [2.24, 2.45) is 17.8 Å². The largest absolute Gasteiger partial charge is 0.472 e. The first-order valence-electron chi connectivity index (χ1n) is 40.3. The molecule has 3 N–H and O–H groups in total. The number of esters is 4. The van der Waals surface area contributed by atoms with Crippen LogP contribution in [0.3, 0.4) is 0 Å². The van der Waals surface area contributed by atoms with Crippen molar-refractivity contribution >= 4 is 39.5 Å². The first-order valence-corrected chi connectivity index (χ1v) is 43.3. The van der Waals surface area contributed by atoms with Gasteiger partial charge in [-0.25, -0.2) is 9.13 Å². The van der Waals surface area contributed by atoms with E-state index < -0.39 is 97.5 Å². The molecular weight excluding hydrogens is 1270 g/mol. The molecule has 0 fully saturated rings. The molecule has 0 aromatic rings. The van der Waals surface area contributed by atoms with Crippen LogP contribution in [0.2, 0.25) is 0 Å². The van der Waals surface area contributed by atoms with Crippen molar-refractivity contribution in [2.45, 2.75) is 420 Å². The molecule has 2 unspecified atom stereocenters. The van der Waals surface area contributed by atoms with Crippen LogP contribution in [-0.2, 0) is 65.4 Å². The third-order valence-corrected chi connectivity index (χ3v) is 20.0. The summed E-state index contributed by atoms with van der Waals surface area (Å²) in [6.45, 7) is 11.9. The fourth-order valence-corrected chi connectivity index (χ4v) is 13.5. The Kier molecular flexibility index (Phi) is 67.1. The number of aliphatic hydroxyl groups excluding tert-OH is 1. The first kappa shape index (κ1) is 95.1. The molecule has 0 aliphatic rings. The molecule has 0 saturated carbocycles. The van der Waals surface area contributed by atoms with E-state index in [-0.39, 0.29) is 25.7 Å². The van der Waals surface area contributed by atoms with E-state index in [4.69, 9.17) is 37.0 Å². The highest BCUT2D eigenvalue weighted by molar-refractivity contribution is 7.47. The molecule has 5 atom stereocenters. The predicted octanol–water partition coefficient (Wildman–Crippen LogP) is 23.0. The summed E-state index contributed by atoms with van der Waals surface area (Å²) in [5, 5.41) is 10.6. The molecule has 0 aliphatic carbocycles. The maximum absolute atomic E-state index is 13.1. The van der Waals surface area contributed by atoms with Crippen LogP contribution in [0.5, 0.6) is 0 Å². The molecule has 0 amide bonds. The molecule has 0 bridgehead atoms. The summed E-state index contributed by atoms with van der Waals surface area (Å²) in [6, 6.07) is 0. The maximum Gasteiger partial charge on any atom is 0.472 e. The van der Waals surface area contributed by atoms with Crippen molar-refractivity contribution in [3.63, 3.8) is 0 Å². The van der Waals surface area contributed by atoms with Crippen LogP contribution >= 0.6 is 15.6 Å². The Hall–Kier alpha value is -1.94. The van der Waals surface area contributed by atoms with Gasteiger partial charge >= 0.3 is 39.5 Å². The van der Waals surface area contributed by atoms with Gasteiger partial charge in [0.25, 0.3) is 0 Å². The number of phosphoric acid groups is 2.